The van der Waals surface area contributed by atoms with Crippen molar-refractivity contribution in [2.45, 2.75) is 38.6 Å². The number of rotatable bonds is 6. The van der Waals surface area contributed by atoms with Crippen molar-refractivity contribution in [2.24, 2.45) is 5.92 Å². The van der Waals surface area contributed by atoms with E-state index < -0.39 is 0 Å². The van der Waals surface area contributed by atoms with Crippen LogP contribution in [0.25, 0.3) is 0 Å². The van der Waals surface area contributed by atoms with Gasteiger partial charge in [-0.2, -0.15) is 0 Å². The zero-order chi connectivity index (χ0) is 21.8. The SMILES string of the molecule is CC1CCC(Nc2ncnc(N)c2C(=N)c2ccc(Oc3ccc(F)cc3)cc2)CC1. The monoisotopic (exact) mass is 419 g/mol. The van der Waals surface area contributed by atoms with Gasteiger partial charge in [0, 0.05) is 11.6 Å². The van der Waals surface area contributed by atoms with Gasteiger partial charge in [-0.1, -0.05) is 6.92 Å². The Kier molecular flexibility index (Phi) is 6.11. The summed E-state index contributed by atoms with van der Waals surface area (Å²) in [6.45, 7) is 2.28. The number of aromatic nitrogens is 2. The summed E-state index contributed by atoms with van der Waals surface area (Å²) in [6.07, 6.45) is 5.95. The molecular formula is C24H26FN5O. The van der Waals surface area contributed by atoms with Crippen LogP contribution < -0.4 is 15.8 Å². The normalized spacial score (nSPS) is 18.4. The van der Waals surface area contributed by atoms with Gasteiger partial charge in [0.25, 0.3) is 0 Å². The van der Waals surface area contributed by atoms with E-state index in [0.29, 0.717) is 34.5 Å². The van der Waals surface area contributed by atoms with Crippen LogP contribution in [0, 0.1) is 17.1 Å². The molecule has 0 bridgehead atoms. The number of nitrogens with one attached hydrogen (secondary N) is 2. The Hall–Kier alpha value is -3.48. The van der Waals surface area contributed by atoms with E-state index >= 15 is 0 Å². The van der Waals surface area contributed by atoms with Crippen LogP contribution in [-0.2, 0) is 0 Å². The number of nitrogen functional groups attached to an aromatic ring is 1. The maximum atomic E-state index is 13.1. The van der Waals surface area contributed by atoms with E-state index in [1.807, 2.05) is 0 Å². The molecule has 1 fully saturated rings. The molecule has 0 atom stereocenters. The lowest BCUT2D eigenvalue weighted by Gasteiger charge is -2.28. The zero-order valence-corrected chi connectivity index (χ0v) is 17.4. The Bertz CT molecular complexity index is 1040. The van der Waals surface area contributed by atoms with Gasteiger partial charge >= 0.3 is 0 Å². The van der Waals surface area contributed by atoms with Crippen LogP contribution in [-0.4, -0.2) is 21.7 Å². The molecule has 0 amide bonds. The molecule has 31 heavy (non-hydrogen) atoms. The van der Waals surface area contributed by atoms with E-state index in [-0.39, 0.29) is 17.3 Å². The highest BCUT2D eigenvalue weighted by atomic mass is 19.1. The van der Waals surface area contributed by atoms with Gasteiger partial charge in [-0.3, -0.25) is 5.41 Å². The third-order valence-electron chi connectivity index (χ3n) is 5.68. The van der Waals surface area contributed by atoms with Gasteiger partial charge in [0.1, 0.15) is 35.3 Å². The topological polar surface area (TPSA) is 96.9 Å². The first-order valence-corrected chi connectivity index (χ1v) is 10.5. The third-order valence-corrected chi connectivity index (χ3v) is 5.68. The number of anilines is 2. The van der Waals surface area contributed by atoms with E-state index in [1.54, 1.807) is 36.4 Å². The van der Waals surface area contributed by atoms with Gasteiger partial charge in [0.15, 0.2) is 0 Å². The molecule has 4 N–H and O–H groups in total. The fourth-order valence-corrected chi connectivity index (χ4v) is 3.83. The van der Waals surface area contributed by atoms with Gasteiger partial charge in [0.05, 0.1) is 11.3 Å². The Labute approximate surface area is 181 Å². The molecule has 0 aliphatic heterocycles. The van der Waals surface area contributed by atoms with Crippen molar-refractivity contribution in [3.63, 3.8) is 0 Å². The highest BCUT2D eigenvalue weighted by Gasteiger charge is 2.22. The molecule has 0 radical (unpaired) electrons. The summed E-state index contributed by atoms with van der Waals surface area (Å²) in [5, 5.41) is 12.2. The van der Waals surface area contributed by atoms with Crippen LogP contribution in [0.1, 0.15) is 43.7 Å². The molecule has 1 saturated carbocycles. The zero-order valence-electron chi connectivity index (χ0n) is 17.4. The van der Waals surface area contributed by atoms with Crippen molar-refractivity contribution in [3.8, 4) is 11.5 Å². The molecule has 1 aliphatic carbocycles. The number of halogens is 1. The minimum absolute atomic E-state index is 0.248. The molecule has 0 unspecified atom stereocenters. The van der Waals surface area contributed by atoms with Crippen molar-refractivity contribution < 1.29 is 9.13 Å². The average Bonchev–Trinajstić information content (AvgIpc) is 2.77. The Balaban J connectivity index is 1.51. The number of hydrogen-bond acceptors (Lipinski definition) is 6. The summed E-state index contributed by atoms with van der Waals surface area (Å²) >= 11 is 0. The Morgan fingerprint density at radius 2 is 1.61 bits per heavy atom. The van der Waals surface area contributed by atoms with E-state index in [9.17, 15) is 4.39 Å². The highest BCUT2D eigenvalue weighted by Crippen LogP contribution is 2.29. The first kappa shape index (κ1) is 20.8. The van der Waals surface area contributed by atoms with Crippen LogP contribution >= 0.6 is 0 Å². The maximum Gasteiger partial charge on any atom is 0.141 e. The van der Waals surface area contributed by atoms with Crippen molar-refractivity contribution in [1.29, 1.82) is 5.41 Å². The smallest absolute Gasteiger partial charge is 0.141 e. The molecule has 1 aliphatic rings. The van der Waals surface area contributed by atoms with Gasteiger partial charge in [-0.25, -0.2) is 14.4 Å². The summed E-state index contributed by atoms with van der Waals surface area (Å²) in [7, 11) is 0. The summed E-state index contributed by atoms with van der Waals surface area (Å²) in [4.78, 5) is 8.48. The predicted octanol–water partition coefficient (Wildman–Crippen LogP) is 5.40. The number of ether oxygens (including phenoxy) is 1. The van der Waals surface area contributed by atoms with Crippen LogP contribution in [0.2, 0.25) is 0 Å². The molecule has 3 aromatic rings. The molecular weight excluding hydrogens is 393 g/mol. The molecule has 1 heterocycles. The van der Waals surface area contributed by atoms with Crippen molar-refractivity contribution in [1.82, 2.24) is 9.97 Å². The van der Waals surface area contributed by atoms with Crippen molar-refractivity contribution in [3.05, 3.63) is 71.8 Å². The van der Waals surface area contributed by atoms with E-state index in [2.05, 4.69) is 22.2 Å². The lowest BCUT2D eigenvalue weighted by Crippen LogP contribution is -2.27. The van der Waals surface area contributed by atoms with Crippen LogP contribution in [0.15, 0.2) is 54.9 Å². The number of nitrogens with two attached hydrogens (primary N) is 1. The fraction of sp³-hybridized carbons (Fsp3) is 0.292. The molecule has 160 valence electrons. The van der Waals surface area contributed by atoms with Crippen LogP contribution in [0.5, 0.6) is 11.5 Å². The summed E-state index contributed by atoms with van der Waals surface area (Å²) in [6, 6.07) is 13.3. The average molecular weight is 420 g/mol. The first-order valence-electron chi connectivity index (χ1n) is 10.5. The van der Waals surface area contributed by atoms with E-state index in [4.69, 9.17) is 15.9 Å². The van der Waals surface area contributed by atoms with E-state index in [1.165, 1.54) is 31.3 Å². The number of hydrogen-bond donors (Lipinski definition) is 3. The molecule has 1 aromatic heterocycles. The lowest BCUT2D eigenvalue weighted by molar-refractivity contribution is 0.361. The summed E-state index contributed by atoms with van der Waals surface area (Å²) in [5.74, 6) is 2.45. The van der Waals surface area contributed by atoms with E-state index in [0.717, 1.165) is 18.8 Å². The largest absolute Gasteiger partial charge is 0.457 e. The fourth-order valence-electron chi connectivity index (χ4n) is 3.83. The van der Waals surface area contributed by atoms with Gasteiger partial charge in [-0.15, -0.1) is 0 Å². The summed E-state index contributed by atoms with van der Waals surface area (Å²) < 4.78 is 18.8. The third kappa shape index (κ3) is 4.99. The predicted molar refractivity (Wildman–Crippen MR) is 120 cm³/mol. The second-order valence-corrected chi connectivity index (χ2v) is 8.04. The minimum atomic E-state index is -0.314. The Morgan fingerprint density at radius 3 is 2.26 bits per heavy atom. The van der Waals surface area contributed by atoms with Gasteiger partial charge < -0.3 is 15.8 Å². The molecule has 0 saturated heterocycles. The van der Waals surface area contributed by atoms with Crippen LogP contribution in [0.4, 0.5) is 16.0 Å². The van der Waals surface area contributed by atoms with Crippen LogP contribution in [0.3, 0.4) is 0 Å². The highest BCUT2D eigenvalue weighted by molar-refractivity contribution is 6.16. The Morgan fingerprint density at radius 1 is 1.00 bits per heavy atom. The number of nitrogens with zero attached hydrogens (tertiary/aromatic N) is 2. The maximum absolute atomic E-state index is 13.1. The van der Waals surface area contributed by atoms with Gasteiger partial charge in [-0.05, 0) is 80.1 Å². The molecule has 2 aromatic carbocycles. The second kappa shape index (κ2) is 9.12. The lowest BCUT2D eigenvalue weighted by atomic mass is 9.87. The van der Waals surface area contributed by atoms with Gasteiger partial charge in [0.2, 0.25) is 0 Å². The first-order chi connectivity index (χ1) is 15.0. The quantitative estimate of drug-likeness (QED) is 0.465. The standard InChI is InChI=1S/C24H26FN5O/c1-15-2-8-18(9-3-15)30-24-21(23(27)28-14-29-24)22(26)16-4-10-19(11-5-16)31-20-12-6-17(25)7-13-20/h4-7,10-15,18,26H,2-3,8-9H2,1H3,(H3,27,28,29,30). The minimum Gasteiger partial charge on any atom is -0.457 e. The molecule has 4 rings (SSSR count). The molecule has 7 heteroatoms. The molecule has 6 nitrogen and oxygen atoms in total. The summed E-state index contributed by atoms with van der Waals surface area (Å²) in [5.41, 5.74) is 7.57. The van der Waals surface area contributed by atoms with Crippen molar-refractivity contribution in [2.75, 3.05) is 11.1 Å². The van der Waals surface area contributed by atoms with Crippen molar-refractivity contribution >= 4 is 17.3 Å². The second-order valence-electron chi connectivity index (χ2n) is 8.04. The molecule has 0 spiro atoms. The number of benzene rings is 2.